The van der Waals surface area contributed by atoms with Gasteiger partial charge in [-0.05, 0) is 56.2 Å². The van der Waals surface area contributed by atoms with Gasteiger partial charge in [-0.2, -0.15) is 0 Å². The molecule has 1 heterocycles. The molecule has 0 aliphatic carbocycles. The highest BCUT2D eigenvalue weighted by Gasteiger charge is 2.25. The van der Waals surface area contributed by atoms with Gasteiger partial charge in [0.15, 0.2) is 0 Å². The van der Waals surface area contributed by atoms with Gasteiger partial charge in [-0.3, -0.25) is 4.79 Å². The number of likely N-dealkylation sites (tertiary alicyclic amines) is 1. The number of nitrogens with zero attached hydrogens (tertiary/aromatic N) is 1. The molecule has 0 unspecified atom stereocenters. The van der Waals surface area contributed by atoms with E-state index in [2.05, 4.69) is 4.90 Å². The summed E-state index contributed by atoms with van der Waals surface area (Å²) in [6.07, 6.45) is 6.80. The van der Waals surface area contributed by atoms with Gasteiger partial charge in [0.1, 0.15) is 5.75 Å². The molecule has 2 rings (SSSR count). The quantitative estimate of drug-likeness (QED) is 0.787. The first-order chi connectivity index (χ1) is 10.7. The van der Waals surface area contributed by atoms with Crippen LogP contribution in [0.3, 0.4) is 0 Å². The van der Waals surface area contributed by atoms with E-state index in [0.717, 1.165) is 50.8 Å². The lowest BCUT2D eigenvalue weighted by Gasteiger charge is -2.36. The lowest BCUT2D eigenvalue weighted by molar-refractivity contribution is -0.135. The Labute approximate surface area is 133 Å². The van der Waals surface area contributed by atoms with Gasteiger partial charge in [0.2, 0.25) is 5.91 Å². The van der Waals surface area contributed by atoms with E-state index in [4.69, 9.17) is 4.74 Å². The van der Waals surface area contributed by atoms with E-state index in [1.165, 1.54) is 6.42 Å². The summed E-state index contributed by atoms with van der Waals surface area (Å²) < 4.78 is 5.12. The van der Waals surface area contributed by atoms with Crippen LogP contribution in [-0.2, 0) is 16.0 Å². The van der Waals surface area contributed by atoms with E-state index in [9.17, 15) is 9.90 Å². The lowest BCUT2D eigenvalue weighted by Crippen LogP contribution is -2.43. The number of methoxy groups -OCH3 is 1. The average molecular weight is 305 g/mol. The highest BCUT2D eigenvalue weighted by molar-refractivity contribution is 5.77. The van der Waals surface area contributed by atoms with Crippen molar-refractivity contribution in [2.24, 2.45) is 0 Å². The fourth-order valence-corrected chi connectivity index (χ4v) is 3.15. The zero-order valence-corrected chi connectivity index (χ0v) is 13.5. The van der Waals surface area contributed by atoms with Crippen molar-refractivity contribution >= 4 is 5.91 Å². The molecule has 0 radical (unpaired) electrons. The maximum absolute atomic E-state index is 12.5. The number of rotatable bonds is 7. The third kappa shape index (κ3) is 5.02. The van der Waals surface area contributed by atoms with Crippen LogP contribution >= 0.6 is 0 Å². The molecule has 0 aromatic heterocycles. The van der Waals surface area contributed by atoms with Crippen LogP contribution in [0.25, 0.3) is 0 Å². The maximum atomic E-state index is 12.5. The van der Waals surface area contributed by atoms with Crippen molar-refractivity contribution in [1.29, 1.82) is 0 Å². The fourth-order valence-electron chi connectivity index (χ4n) is 3.15. The number of piperidine rings is 1. The maximum Gasteiger partial charge on any atom is 0.223 e. The second-order valence-electron chi connectivity index (χ2n) is 6.04. The number of hydrogen-bond acceptors (Lipinski definition) is 3. The number of aromatic hydroxyl groups is 1. The Kier molecular flexibility index (Phi) is 6.72. The molecule has 1 aliphatic heterocycles. The van der Waals surface area contributed by atoms with Gasteiger partial charge in [-0.1, -0.05) is 12.1 Å². The summed E-state index contributed by atoms with van der Waals surface area (Å²) in [5, 5.41) is 9.29. The minimum absolute atomic E-state index is 0.259. The van der Waals surface area contributed by atoms with Crippen LogP contribution in [-0.4, -0.2) is 42.2 Å². The number of carbonyl (C=O) groups excluding carboxylic acids is 1. The average Bonchev–Trinajstić information content (AvgIpc) is 2.55. The van der Waals surface area contributed by atoms with E-state index in [1.54, 1.807) is 19.2 Å². The van der Waals surface area contributed by atoms with E-state index in [0.29, 0.717) is 12.5 Å². The number of carbonyl (C=O) groups is 1. The Morgan fingerprint density at radius 3 is 2.82 bits per heavy atom. The minimum atomic E-state index is 0.259. The third-order valence-electron chi connectivity index (χ3n) is 4.40. The van der Waals surface area contributed by atoms with Crippen molar-refractivity contribution in [2.75, 3.05) is 20.3 Å². The SMILES string of the molecule is COCCC[C@H]1CCCCN1C(=O)CCc1ccc(O)cc1. The molecule has 0 saturated carbocycles. The van der Waals surface area contributed by atoms with Crippen LogP contribution < -0.4 is 0 Å². The molecule has 0 spiro atoms. The second kappa shape index (κ2) is 8.79. The van der Waals surface area contributed by atoms with Crippen molar-refractivity contribution in [3.8, 4) is 5.75 Å². The first-order valence-corrected chi connectivity index (χ1v) is 8.27. The van der Waals surface area contributed by atoms with Crippen LogP contribution in [0, 0.1) is 0 Å². The van der Waals surface area contributed by atoms with Crippen LogP contribution in [0.1, 0.15) is 44.1 Å². The Bertz CT molecular complexity index is 458. The highest BCUT2D eigenvalue weighted by Crippen LogP contribution is 2.22. The van der Waals surface area contributed by atoms with E-state index in [1.807, 2.05) is 12.1 Å². The summed E-state index contributed by atoms with van der Waals surface area (Å²) in [5.41, 5.74) is 1.10. The predicted molar refractivity (Wildman–Crippen MR) is 86.9 cm³/mol. The summed E-state index contributed by atoms with van der Waals surface area (Å²) in [6, 6.07) is 7.50. The lowest BCUT2D eigenvalue weighted by atomic mass is 9.97. The molecular weight excluding hydrogens is 278 g/mol. The Morgan fingerprint density at radius 2 is 2.09 bits per heavy atom. The molecule has 1 aromatic rings. The number of hydrogen-bond donors (Lipinski definition) is 1. The minimum Gasteiger partial charge on any atom is -0.508 e. The first kappa shape index (κ1) is 16.8. The largest absolute Gasteiger partial charge is 0.508 e. The Morgan fingerprint density at radius 1 is 1.32 bits per heavy atom. The molecule has 1 fully saturated rings. The van der Waals surface area contributed by atoms with E-state index >= 15 is 0 Å². The van der Waals surface area contributed by atoms with Gasteiger partial charge in [-0.15, -0.1) is 0 Å². The number of phenols is 1. The molecule has 1 saturated heterocycles. The number of ether oxygens (including phenoxy) is 1. The topological polar surface area (TPSA) is 49.8 Å². The van der Waals surface area contributed by atoms with Crippen molar-refractivity contribution in [2.45, 2.75) is 51.0 Å². The zero-order chi connectivity index (χ0) is 15.8. The third-order valence-corrected chi connectivity index (χ3v) is 4.40. The molecule has 122 valence electrons. The number of aryl methyl sites for hydroxylation is 1. The summed E-state index contributed by atoms with van der Waals surface area (Å²) in [4.78, 5) is 14.6. The number of amides is 1. The Hall–Kier alpha value is -1.55. The van der Waals surface area contributed by atoms with Gasteiger partial charge in [0.25, 0.3) is 0 Å². The van der Waals surface area contributed by atoms with E-state index < -0.39 is 0 Å². The summed E-state index contributed by atoms with van der Waals surface area (Å²) in [7, 11) is 1.72. The second-order valence-corrected chi connectivity index (χ2v) is 6.04. The molecule has 4 heteroatoms. The van der Waals surface area contributed by atoms with Crippen LogP contribution in [0.4, 0.5) is 0 Å². The molecule has 4 nitrogen and oxygen atoms in total. The van der Waals surface area contributed by atoms with Gasteiger partial charge < -0.3 is 14.7 Å². The van der Waals surface area contributed by atoms with E-state index in [-0.39, 0.29) is 11.7 Å². The van der Waals surface area contributed by atoms with Crippen molar-refractivity contribution in [1.82, 2.24) is 4.90 Å². The summed E-state index contributed by atoms with van der Waals surface area (Å²) >= 11 is 0. The van der Waals surface area contributed by atoms with Crippen LogP contribution in [0.5, 0.6) is 5.75 Å². The number of phenolic OH excluding ortho intramolecular Hbond substituents is 1. The van der Waals surface area contributed by atoms with Gasteiger partial charge in [-0.25, -0.2) is 0 Å². The molecule has 1 aromatic carbocycles. The monoisotopic (exact) mass is 305 g/mol. The molecule has 1 N–H and O–H groups in total. The first-order valence-electron chi connectivity index (χ1n) is 8.27. The van der Waals surface area contributed by atoms with Crippen LogP contribution in [0.15, 0.2) is 24.3 Å². The van der Waals surface area contributed by atoms with Crippen LogP contribution in [0.2, 0.25) is 0 Å². The molecule has 1 amide bonds. The molecule has 22 heavy (non-hydrogen) atoms. The highest BCUT2D eigenvalue weighted by atomic mass is 16.5. The fraction of sp³-hybridized carbons (Fsp3) is 0.611. The van der Waals surface area contributed by atoms with Gasteiger partial charge in [0.05, 0.1) is 0 Å². The zero-order valence-electron chi connectivity index (χ0n) is 13.5. The normalized spacial score (nSPS) is 18.4. The van der Waals surface area contributed by atoms with Crippen molar-refractivity contribution in [3.05, 3.63) is 29.8 Å². The van der Waals surface area contributed by atoms with Crippen molar-refractivity contribution in [3.63, 3.8) is 0 Å². The number of benzene rings is 1. The smallest absolute Gasteiger partial charge is 0.223 e. The summed E-state index contributed by atoms with van der Waals surface area (Å²) in [6.45, 7) is 1.66. The van der Waals surface area contributed by atoms with Gasteiger partial charge >= 0.3 is 0 Å². The Balaban J connectivity index is 1.84. The predicted octanol–water partition coefficient (Wildman–Crippen LogP) is 3.13. The van der Waals surface area contributed by atoms with Gasteiger partial charge in [0, 0.05) is 32.7 Å². The molecule has 0 bridgehead atoms. The molecule has 1 aliphatic rings. The standard InChI is InChI=1S/C18H27NO3/c1-22-14-4-6-16-5-2-3-13-19(16)18(21)12-9-15-7-10-17(20)11-8-15/h7-8,10-11,16,20H,2-6,9,12-14H2,1H3/t16-/m1/s1. The van der Waals surface area contributed by atoms with Crippen molar-refractivity contribution < 1.29 is 14.6 Å². The molecule has 1 atom stereocenters. The summed E-state index contributed by atoms with van der Waals surface area (Å²) in [5.74, 6) is 0.527. The molecular formula is C18H27NO3.